The van der Waals surface area contributed by atoms with Gasteiger partial charge in [-0.2, -0.15) is 0 Å². The van der Waals surface area contributed by atoms with Crippen molar-refractivity contribution < 1.29 is 13.2 Å². The van der Waals surface area contributed by atoms with Crippen LogP contribution in [0.25, 0.3) is 0 Å². The summed E-state index contributed by atoms with van der Waals surface area (Å²) in [6.45, 7) is 3.32. The molecule has 0 saturated heterocycles. The van der Waals surface area contributed by atoms with Crippen molar-refractivity contribution in [1.29, 1.82) is 0 Å². The Morgan fingerprint density at radius 2 is 2.06 bits per heavy atom. The summed E-state index contributed by atoms with van der Waals surface area (Å²) in [5, 5.41) is 3.06. The van der Waals surface area contributed by atoms with E-state index in [1.807, 2.05) is 6.92 Å². The van der Waals surface area contributed by atoms with Crippen molar-refractivity contribution in [2.24, 2.45) is 0 Å². The summed E-state index contributed by atoms with van der Waals surface area (Å²) in [5.41, 5.74) is 0.518. The van der Waals surface area contributed by atoms with Crippen LogP contribution in [0.5, 0.6) is 5.75 Å². The first kappa shape index (κ1) is 14.8. The quantitative estimate of drug-likeness (QED) is 0.703. The summed E-state index contributed by atoms with van der Waals surface area (Å²) in [4.78, 5) is 0. The molecule has 1 aromatic rings. The lowest BCUT2D eigenvalue weighted by Crippen LogP contribution is -2.27. The molecule has 0 spiro atoms. The van der Waals surface area contributed by atoms with Crippen LogP contribution in [0.4, 0.5) is 5.69 Å². The molecule has 2 N–H and O–H groups in total. The van der Waals surface area contributed by atoms with Crippen LogP contribution in [0.3, 0.4) is 0 Å². The summed E-state index contributed by atoms with van der Waals surface area (Å²) in [6, 6.07) is 6.85. The van der Waals surface area contributed by atoms with Crippen LogP contribution in [-0.2, 0) is 10.0 Å². The largest absolute Gasteiger partial charge is 0.497 e. The van der Waals surface area contributed by atoms with Gasteiger partial charge < -0.3 is 10.1 Å². The van der Waals surface area contributed by atoms with Gasteiger partial charge in [0.15, 0.2) is 0 Å². The normalized spacial score (nSPS) is 11.2. The lowest BCUT2D eigenvalue weighted by atomic mass is 10.3. The maximum atomic E-state index is 11.8. The number of rotatable bonds is 8. The van der Waals surface area contributed by atoms with Crippen molar-refractivity contribution in [3.63, 3.8) is 0 Å². The lowest BCUT2D eigenvalue weighted by molar-refractivity contribution is 0.415. The van der Waals surface area contributed by atoms with E-state index < -0.39 is 10.0 Å². The van der Waals surface area contributed by atoms with Crippen LogP contribution in [0, 0.1) is 0 Å². The number of ether oxygens (including phenoxy) is 1. The van der Waals surface area contributed by atoms with Crippen LogP contribution < -0.4 is 14.8 Å². The highest BCUT2D eigenvalue weighted by Crippen LogP contribution is 2.17. The van der Waals surface area contributed by atoms with Gasteiger partial charge in [-0.1, -0.05) is 13.0 Å². The molecule has 18 heavy (non-hydrogen) atoms. The molecule has 0 radical (unpaired) electrons. The summed E-state index contributed by atoms with van der Waals surface area (Å²) in [5.74, 6) is 0.684. The van der Waals surface area contributed by atoms with E-state index in [1.54, 1.807) is 31.4 Å². The average molecular weight is 272 g/mol. The van der Waals surface area contributed by atoms with Gasteiger partial charge in [-0.05, 0) is 25.1 Å². The van der Waals surface area contributed by atoms with E-state index in [1.165, 1.54) is 0 Å². The van der Waals surface area contributed by atoms with Crippen molar-refractivity contribution in [1.82, 2.24) is 5.32 Å². The molecular weight excluding hydrogens is 252 g/mol. The molecule has 0 atom stereocenters. The Balaban J connectivity index is 2.53. The van der Waals surface area contributed by atoms with Crippen LogP contribution >= 0.6 is 0 Å². The Morgan fingerprint density at radius 3 is 2.72 bits per heavy atom. The van der Waals surface area contributed by atoms with Crippen molar-refractivity contribution in [2.45, 2.75) is 13.3 Å². The number of hydrogen-bond donors (Lipinski definition) is 2. The molecule has 0 bridgehead atoms. The fourth-order valence-corrected chi connectivity index (χ4v) is 2.43. The second-order valence-corrected chi connectivity index (χ2v) is 5.74. The molecule has 102 valence electrons. The van der Waals surface area contributed by atoms with E-state index in [4.69, 9.17) is 4.74 Å². The predicted molar refractivity (Wildman–Crippen MR) is 73.6 cm³/mol. The van der Waals surface area contributed by atoms with E-state index in [0.717, 1.165) is 13.0 Å². The van der Waals surface area contributed by atoms with Gasteiger partial charge in [0.1, 0.15) is 5.75 Å². The second kappa shape index (κ2) is 7.23. The minimum Gasteiger partial charge on any atom is -0.497 e. The zero-order valence-corrected chi connectivity index (χ0v) is 11.6. The van der Waals surface area contributed by atoms with E-state index in [-0.39, 0.29) is 5.75 Å². The number of anilines is 1. The Labute approximate surface area is 109 Å². The average Bonchev–Trinajstić information content (AvgIpc) is 2.34. The molecule has 5 nitrogen and oxygen atoms in total. The van der Waals surface area contributed by atoms with Crippen molar-refractivity contribution in [3.8, 4) is 5.75 Å². The third-order valence-electron chi connectivity index (χ3n) is 2.32. The van der Waals surface area contributed by atoms with Crippen LogP contribution in [0.1, 0.15) is 13.3 Å². The van der Waals surface area contributed by atoms with Crippen molar-refractivity contribution >= 4 is 15.7 Å². The molecule has 6 heteroatoms. The van der Waals surface area contributed by atoms with Gasteiger partial charge in [0.25, 0.3) is 0 Å². The molecule has 0 saturated carbocycles. The highest BCUT2D eigenvalue weighted by Gasteiger charge is 2.09. The zero-order chi connectivity index (χ0) is 13.4. The number of benzene rings is 1. The Bertz CT molecular complexity index is 460. The molecule has 0 aliphatic heterocycles. The molecular formula is C12H20N2O3S. The summed E-state index contributed by atoms with van der Waals surface area (Å²) in [7, 11) is -1.76. The highest BCUT2D eigenvalue weighted by molar-refractivity contribution is 7.92. The monoisotopic (exact) mass is 272 g/mol. The highest BCUT2D eigenvalue weighted by atomic mass is 32.2. The van der Waals surface area contributed by atoms with Gasteiger partial charge in [0, 0.05) is 12.6 Å². The van der Waals surface area contributed by atoms with Crippen molar-refractivity contribution in [2.75, 3.05) is 30.7 Å². The fraction of sp³-hybridized carbons (Fsp3) is 0.500. The minimum atomic E-state index is -3.31. The molecule has 0 unspecified atom stereocenters. The van der Waals surface area contributed by atoms with E-state index in [9.17, 15) is 8.42 Å². The molecule has 0 aliphatic rings. The maximum Gasteiger partial charge on any atom is 0.233 e. The standard InChI is InChI=1S/C12H20N2O3S/c1-3-7-13-8-9-18(15,16)14-11-5-4-6-12(10-11)17-2/h4-6,10,13-14H,3,7-9H2,1-2H3. The lowest BCUT2D eigenvalue weighted by Gasteiger charge is -2.09. The number of hydrogen-bond acceptors (Lipinski definition) is 4. The van der Waals surface area contributed by atoms with Gasteiger partial charge in [0.05, 0.1) is 18.6 Å². The second-order valence-electron chi connectivity index (χ2n) is 3.90. The van der Waals surface area contributed by atoms with Gasteiger partial charge >= 0.3 is 0 Å². The topological polar surface area (TPSA) is 67.4 Å². The van der Waals surface area contributed by atoms with Gasteiger partial charge in [0.2, 0.25) is 10.0 Å². The van der Waals surface area contributed by atoms with Gasteiger partial charge in [-0.3, -0.25) is 4.72 Å². The SMILES string of the molecule is CCCNCCS(=O)(=O)Nc1cccc(OC)c1. The molecule has 0 heterocycles. The van der Waals surface area contributed by atoms with Gasteiger partial charge in [-0.15, -0.1) is 0 Å². The summed E-state index contributed by atoms with van der Waals surface area (Å²) >= 11 is 0. The third-order valence-corrected chi connectivity index (χ3v) is 3.61. The van der Waals surface area contributed by atoms with Gasteiger partial charge in [-0.25, -0.2) is 8.42 Å². The Morgan fingerprint density at radius 1 is 1.28 bits per heavy atom. The molecule has 1 aromatic carbocycles. The maximum absolute atomic E-state index is 11.8. The third kappa shape index (κ3) is 5.37. The van der Waals surface area contributed by atoms with Crippen LogP contribution in [0.15, 0.2) is 24.3 Å². The van der Waals surface area contributed by atoms with E-state index in [0.29, 0.717) is 18.0 Å². The Kier molecular flexibility index (Phi) is 5.94. The van der Waals surface area contributed by atoms with Crippen molar-refractivity contribution in [3.05, 3.63) is 24.3 Å². The smallest absolute Gasteiger partial charge is 0.233 e. The Hall–Kier alpha value is -1.27. The number of sulfonamides is 1. The van der Waals surface area contributed by atoms with Crippen LogP contribution in [0.2, 0.25) is 0 Å². The molecule has 0 fully saturated rings. The first-order chi connectivity index (χ1) is 8.57. The predicted octanol–water partition coefficient (Wildman–Crippen LogP) is 1.44. The van der Waals surface area contributed by atoms with Crippen LogP contribution in [-0.4, -0.2) is 34.4 Å². The molecule has 0 aromatic heterocycles. The fourth-order valence-electron chi connectivity index (χ4n) is 1.43. The number of methoxy groups -OCH3 is 1. The summed E-state index contributed by atoms with van der Waals surface area (Å²) < 4.78 is 31.1. The van der Waals surface area contributed by atoms with E-state index in [2.05, 4.69) is 10.0 Å². The zero-order valence-electron chi connectivity index (χ0n) is 10.8. The molecule has 0 amide bonds. The minimum absolute atomic E-state index is 0.0597. The summed E-state index contributed by atoms with van der Waals surface area (Å²) in [6.07, 6.45) is 0.989. The van der Waals surface area contributed by atoms with E-state index >= 15 is 0 Å². The first-order valence-electron chi connectivity index (χ1n) is 5.92. The molecule has 0 aliphatic carbocycles. The first-order valence-corrected chi connectivity index (χ1v) is 7.58. The number of nitrogens with one attached hydrogen (secondary N) is 2. The molecule has 1 rings (SSSR count).